The van der Waals surface area contributed by atoms with E-state index in [1.54, 1.807) is 6.92 Å². The minimum atomic E-state index is -1.40. The van der Waals surface area contributed by atoms with Gasteiger partial charge in [0.2, 0.25) is 0 Å². The van der Waals surface area contributed by atoms with Gasteiger partial charge < -0.3 is 24.1 Å². The van der Waals surface area contributed by atoms with Gasteiger partial charge in [0.05, 0.1) is 0 Å². The second-order valence-electron chi connectivity index (χ2n) is 3.56. The normalized spacial score (nSPS) is 10.2. The molecule has 0 atom stereocenters. The van der Waals surface area contributed by atoms with Gasteiger partial charge in [-0.3, -0.25) is 14.5 Å². The molecule has 1 amide bonds. The maximum Gasteiger partial charge on any atom is 0.410 e. The summed E-state index contributed by atoms with van der Waals surface area (Å²) in [5.41, 5.74) is 0. The molecule has 116 valence electrons. The van der Waals surface area contributed by atoms with Crippen LogP contribution in [0.25, 0.3) is 0 Å². The van der Waals surface area contributed by atoms with E-state index in [1.807, 2.05) is 0 Å². The van der Waals surface area contributed by atoms with Crippen molar-refractivity contribution >= 4 is 18.0 Å². The molecule has 0 saturated carbocycles. The number of hydrogen-bond donors (Lipinski definition) is 1. The van der Waals surface area contributed by atoms with Crippen LogP contribution in [0.2, 0.25) is 0 Å². The molecule has 0 aliphatic rings. The van der Waals surface area contributed by atoms with E-state index in [1.165, 1.54) is 14.2 Å². The maximum absolute atomic E-state index is 11.4. The van der Waals surface area contributed by atoms with Gasteiger partial charge in [-0.2, -0.15) is 0 Å². The van der Waals surface area contributed by atoms with Gasteiger partial charge in [-0.15, -0.1) is 0 Å². The molecule has 0 aliphatic carbocycles. The number of carboxylic acid groups (broad SMARTS) is 1. The fourth-order valence-corrected chi connectivity index (χ4v) is 1.02. The summed E-state index contributed by atoms with van der Waals surface area (Å²) in [6.07, 6.45) is -2.02. The quantitative estimate of drug-likeness (QED) is 0.468. The van der Waals surface area contributed by atoms with Crippen LogP contribution < -0.4 is 0 Å². The Balaban J connectivity index is 4.20. The molecule has 0 heterocycles. The van der Waals surface area contributed by atoms with Crippen LogP contribution >= 0.6 is 0 Å². The molecule has 0 unspecified atom stereocenters. The van der Waals surface area contributed by atoms with E-state index >= 15 is 0 Å². The Morgan fingerprint density at radius 3 is 2.15 bits per heavy atom. The summed E-state index contributed by atoms with van der Waals surface area (Å²) in [7, 11) is 2.74. The molecular formula is C11H19NO8. The third kappa shape index (κ3) is 7.54. The standard InChI is InChI=1S/C11H19NO8/c1-4-8(13)20-7-12(11(15)16)5-9(14)19-6-10(17-2)18-3/h10H,4-7H2,1-3H3,(H,15,16). The van der Waals surface area contributed by atoms with Crippen LogP contribution in [-0.4, -0.2) is 68.4 Å². The van der Waals surface area contributed by atoms with Crippen molar-refractivity contribution in [2.75, 3.05) is 34.1 Å². The molecule has 0 fully saturated rings. The third-order valence-electron chi connectivity index (χ3n) is 2.17. The Morgan fingerprint density at radius 1 is 1.10 bits per heavy atom. The van der Waals surface area contributed by atoms with Gasteiger partial charge in [0.1, 0.15) is 13.2 Å². The molecule has 0 aromatic heterocycles. The number of methoxy groups -OCH3 is 2. The van der Waals surface area contributed by atoms with E-state index in [-0.39, 0.29) is 13.0 Å². The number of carbonyl (C=O) groups excluding carboxylic acids is 2. The number of hydrogen-bond acceptors (Lipinski definition) is 7. The summed E-state index contributed by atoms with van der Waals surface area (Å²) >= 11 is 0. The smallest absolute Gasteiger partial charge is 0.410 e. The number of esters is 2. The van der Waals surface area contributed by atoms with Gasteiger partial charge in [0.15, 0.2) is 13.0 Å². The molecule has 0 spiro atoms. The Morgan fingerprint density at radius 2 is 1.70 bits per heavy atom. The number of nitrogens with zero attached hydrogens (tertiary/aromatic N) is 1. The lowest BCUT2D eigenvalue weighted by atomic mass is 10.5. The van der Waals surface area contributed by atoms with Crippen molar-refractivity contribution < 1.29 is 38.4 Å². The second kappa shape index (κ2) is 9.98. The number of amides is 1. The second-order valence-corrected chi connectivity index (χ2v) is 3.56. The number of carbonyl (C=O) groups is 3. The Hall–Kier alpha value is -1.87. The van der Waals surface area contributed by atoms with Gasteiger partial charge in [-0.25, -0.2) is 4.79 Å². The van der Waals surface area contributed by atoms with Crippen LogP contribution in [0.15, 0.2) is 0 Å². The maximum atomic E-state index is 11.4. The van der Waals surface area contributed by atoms with Gasteiger partial charge in [0, 0.05) is 20.6 Å². The first-order valence-electron chi connectivity index (χ1n) is 5.79. The van der Waals surface area contributed by atoms with E-state index in [0.29, 0.717) is 4.90 Å². The van der Waals surface area contributed by atoms with Crippen molar-refractivity contribution in [2.45, 2.75) is 19.6 Å². The summed E-state index contributed by atoms with van der Waals surface area (Å²) < 4.78 is 19.0. The third-order valence-corrected chi connectivity index (χ3v) is 2.17. The van der Waals surface area contributed by atoms with Crippen molar-refractivity contribution in [3.05, 3.63) is 0 Å². The minimum absolute atomic E-state index is 0.112. The van der Waals surface area contributed by atoms with Crippen LogP contribution in [0.1, 0.15) is 13.3 Å². The summed E-state index contributed by atoms with van der Waals surface area (Å²) in [5, 5.41) is 8.85. The van der Waals surface area contributed by atoms with Crippen LogP contribution in [0.4, 0.5) is 4.79 Å². The molecule has 0 aromatic rings. The highest BCUT2D eigenvalue weighted by atomic mass is 16.7. The average molecular weight is 293 g/mol. The zero-order chi connectivity index (χ0) is 15.5. The Bertz CT molecular complexity index is 328. The molecule has 0 bridgehead atoms. The number of ether oxygens (including phenoxy) is 4. The van der Waals surface area contributed by atoms with Crippen molar-refractivity contribution in [3.63, 3.8) is 0 Å². The summed E-state index contributed by atoms with van der Waals surface area (Å²) in [4.78, 5) is 33.8. The minimum Gasteiger partial charge on any atom is -0.465 e. The monoisotopic (exact) mass is 293 g/mol. The SMILES string of the molecule is CCC(=O)OCN(CC(=O)OCC(OC)OC)C(=O)O. The fourth-order valence-electron chi connectivity index (χ4n) is 1.02. The van der Waals surface area contributed by atoms with E-state index in [9.17, 15) is 14.4 Å². The molecule has 0 saturated heterocycles. The Labute approximate surface area is 116 Å². The lowest BCUT2D eigenvalue weighted by Gasteiger charge is -2.19. The lowest BCUT2D eigenvalue weighted by Crippen LogP contribution is -2.38. The first kappa shape index (κ1) is 18.1. The highest BCUT2D eigenvalue weighted by Gasteiger charge is 2.19. The first-order valence-corrected chi connectivity index (χ1v) is 5.79. The topological polar surface area (TPSA) is 112 Å². The van der Waals surface area contributed by atoms with Gasteiger partial charge >= 0.3 is 18.0 Å². The van der Waals surface area contributed by atoms with Crippen LogP contribution in [0, 0.1) is 0 Å². The summed E-state index contributed by atoms with van der Waals surface area (Å²) in [6, 6.07) is 0. The van der Waals surface area contributed by atoms with Gasteiger partial charge in [-0.05, 0) is 0 Å². The van der Waals surface area contributed by atoms with E-state index in [2.05, 4.69) is 4.74 Å². The highest BCUT2D eigenvalue weighted by molar-refractivity contribution is 5.77. The van der Waals surface area contributed by atoms with Gasteiger partial charge in [0.25, 0.3) is 0 Å². The van der Waals surface area contributed by atoms with E-state index in [4.69, 9.17) is 19.3 Å². The van der Waals surface area contributed by atoms with Crippen molar-refractivity contribution in [3.8, 4) is 0 Å². The van der Waals surface area contributed by atoms with Crippen molar-refractivity contribution in [2.24, 2.45) is 0 Å². The van der Waals surface area contributed by atoms with Crippen molar-refractivity contribution in [1.82, 2.24) is 4.90 Å². The van der Waals surface area contributed by atoms with E-state index < -0.39 is 37.6 Å². The summed E-state index contributed by atoms with van der Waals surface area (Å²) in [5.74, 6) is -1.37. The molecule has 0 radical (unpaired) electrons. The molecule has 9 nitrogen and oxygen atoms in total. The fraction of sp³-hybridized carbons (Fsp3) is 0.727. The predicted octanol–water partition coefficient (Wildman–Crippen LogP) is 0.0392. The highest BCUT2D eigenvalue weighted by Crippen LogP contribution is 1.97. The molecule has 0 aliphatic heterocycles. The largest absolute Gasteiger partial charge is 0.465 e. The van der Waals surface area contributed by atoms with Crippen LogP contribution in [-0.2, 0) is 28.5 Å². The summed E-state index contributed by atoms with van der Waals surface area (Å²) in [6.45, 7) is 0.299. The van der Waals surface area contributed by atoms with E-state index in [0.717, 1.165) is 0 Å². The van der Waals surface area contributed by atoms with Crippen molar-refractivity contribution in [1.29, 1.82) is 0 Å². The molecule has 20 heavy (non-hydrogen) atoms. The van der Waals surface area contributed by atoms with Crippen LogP contribution in [0.3, 0.4) is 0 Å². The molecular weight excluding hydrogens is 274 g/mol. The lowest BCUT2D eigenvalue weighted by molar-refractivity contribution is -0.169. The zero-order valence-corrected chi connectivity index (χ0v) is 11.7. The molecule has 9 heteroatoms. The Kier molecular flexibility index (Phi) is 9.05. The molecule has 0 rings (SSSR count). The first-order chi connectivity index (χ1) is 9.44. The number of rotatable bonds is 9. The zero-order valence-electron chi connectivity index (χ0n) is 11.7. The van der Waals surface area contributed by atoms with Gasteiger partial charge in [-0.1, -0.05) is 6.92 Å². The molecule has 0 aromatic carbocycles. The molecule has 1 N–H and O–H groups in total. The average Bonchev–Trinajstić information content (AvgIpc) is 2.43. The predicted molar refractivity (Wildman–Crippen MR) is 64.7 cm³/mol. The van der Waals surface area contributed by atoms with Crippen LogP contribution in [0.5, 0.6) is 0 Å².